The standard InChI is InChI=1S/C13H13NO5S2/c1-8-7-20-11(13(16)17)12(8)21(18,19)14-10-4-2-3-9(5-10)6-15/h2-5,7,14-15H,6H2,1H3,(H,16,17). The molecule has 0 fully saturated rings. The van der Waals surface area contributed by atoms with E-state index in [0.29, 0.717) is 11.1 Å². The topological polar surface area (TPSA) is 104 Å². The minimum absolute atomic E-state index is 0.215. The Hall–Kier alpha value is -1.90. The number of aliphatic hydroxyl groups is 1. The van der Waals surface area contributed by atoms with Gasteiger partial charge in [-0.25, -0.2) is 13.2 Å². The summed E-state index contributed by atoms with van der Waals surface area (Å²) in [5.74, 6) is -1.28. The predicted octanol–water partition coefficient (Wildman–Crippen LogP) is 2.05. The third-order valence-electron chi connectivity index (χ3n) is 2.74. The van der Waals surface area contributed by atoms with Gasteiger partial charge in [0, 0.05) is 5.69 Å². The number of hydrogen-bond acceptors (Lipinski definition) is 5. The van der Waals surface area contributed by atoms with Crippen LogP contribution in [0.15, 0.2) is 34.5 Å². The van der Waals surface area contributed by atoms with Crippen LogP contribution >= 0.6 is 11.3 Å². The van der Waals surface area contributed by atoms with E-state index < -0.39 is 16.0 Å². The molecule has 0 unspecified atom stereocenters. The fraction of sp³-hybridized carbons (Fsp3) is 0.154. The molecule has 1 aromatic heterocycles. The number of carboxylic acids is 1. The van der Waals surface area contributed by atoms with Gasteiger partial charge < -0.3 is 10.2 Å². The molecule has 0 amide bonds. The molecule has 0 radical (unpaired) electrons. The first-order valence-corrected chi connectivity index (χ1v) is 8.25. The average molecular weight is 327 g/mol. The van der Waals surface area contributed by atoms with Gasteiger partial charge in [0.1, 0.15) is 9.77 Å². The van der Waals surface area contributed by atoms with Gasteiger partial charge in [-0.05, 0) is 35.6 Å². The number of nitrogens with one attached hydrogen (secondary N) is 1. The molecule has 0 saturated heterocycles. The van der Waals surface area contributed by atoms with Crippen molar-refractivity contribution in [3.63, 3.8) is 0 Å². The van der Waals surface area contributed by atoms with Gasteiger partial charge in [0.15, 0.2) is 0 Å². The molecule has 2 rings (SSSR count). The lowest BCUT2D eigenvalue weighted by Crippen LogP contribution is -2.16. The molecule has 21 heavy (non-hydrogen) atoms. The maximum absolute atomic E-state index is 12.4. The second-order valence-electron chi connectivity index (χ2n) is 4.35. The zero-order valence-corrected chi connectivity index (χ0v) is 12.7. The number of rotatable bonds is 5. The third-order valence-corrected chi connectivity index (χ3v) is 5.53. The van der Waals surface area contributed by atoms with Gasteiger partial charge in [-0.15, -0.1) is 11.3 Å². The van der Waals surface area contributed by atoms with Gasteiger partial charge in [0.05, 0.1) is 6.61 Å². The second kappa shape index (κ2) is 5.84. The number of benzene rings is 1. The number of aromatic carboxylic acids is 1. The van der Waals surface area contributed by atoms with E-state index in [1.54, 1.807) is 19.1 Å². The van der Waals surface area contributed by atoms with Crippen molar-refractivity contribution in [2.24, 2.45) is 0 Å². The first-order valence-electron chi connectivity index (χ1n) is 5.89. The maximum Gasteiger partial charge on any atom is 0.347 e. The van der Waals surface area contributed by atoms with Gasteiger partial charge in [-0.1, -0.05) is 12.1 Å². The molecule has 2 aromatic rings. The smallest absolute Gasteiger partial charge is 0.347 e. The molecule has 0 spiro atoms. The lowest BCUT2D eigenvalue weighted by atomic mass is 10.2. The summed E-state index contributed by atoms with van der Waals surface area (Å²) in [6, 6.07) is 6.26. The van der Waals surface area contributed by atoms with E-state index in [0.717, 1.165) is 11.3 Å². The lowest BCUT2D eigenvalue weighted by Gasteiger charge is -2.09. The highest BCUT2D eigenvalue weighted by Crippen LogP contribution is 2.28. The first kappa shape index (κ1) is 15.5. The SMILES string of the molecule is Cc1csc(C(=O)O)c1S(=O)(=O)Nc1cccc(CO)c1. The van der Waals surface area contributed by atoms with Crippen molar-refractivity contribution in [1.82, 2.24) is 0 Å². The number of hydrogen-bond donors (Lipinski definition) is 3. The number of anilines is 1. The highest BCUT2D eigenvalue weighted by Gasteiger charge is 2.26. The molecule has 3 N–H and O–H groups in total. The molecule has 112 valence electrons. The summed E-state index contributed by atoms with van der Waals surface area (Å²) in [5, 5.41) is 19.6. The molecule has 8 heteroatoms. The minimum Gasteiger partial charge on any atom is -0.477 e. The molecule has 0 aliphatic heterocycles. The Kier molecular flexibility index (Phi) is 4.31. The fourth-order valence-corrected chi connectivity index (χ4v) is 4.54. The summed E-state index contributed by atoms with van der Waals surface area (Å²) in [4.78, 5) is 10.7. The third kappa shape index (κ3) is 3.23. The normalized spacial score (nSPS) is 11.3. The van der Waals surface area contributed by atoms with Crippen molar-refractivity contribution in [1.29, 1.82) is 0 Å². The van der Waals surface area contributed by atoms with Crippen molar-refractivity contribution >= 4 is 33.0 Å². The van der Waals surface area contributed by atoms with Crippen LogP contribution in [0, 0.1) is 6.92 Å². The summed E-state index contributed by atoms with van der Waals surface area (Å²) in [6.07, 6.45) is 0. The summed E-state index contributed by atoms with van der Waals surface area (Å²) < 4.78 is 27.1. The largest absolute Gasteiger partial charge is 0.477 e. The summed E-state index contributed by atoms with van der Waals surface area (Å²) >= 11 is 0.871. The average Bonchev–Trinajstić information content (AvgIpc) is 2.81. The van der Waals surface area contributed by atoms with Crippen LogP contribution in [0.3, 0.4) is 0 Å². The molecular weight excluding hydrogens is 314 g/mol. The van der Waals surface area contributed by atoms with Crippen LogP contribution in [-0.4, -0.2) is 24.6 Å². The van der Waals surface area contributed by atoms with Crippen LogP contribution < -0.4 is 4.72 Å². The van der Waals surface area contributed by atoms with Crippen LogP contribution in [-0.2, 0) is 16.6 Å². The van der Waals surface area contributed by atoms with Gasteiger partial charge in [-0.3, -0.25) is 4.72 Å². The zero-order valence-electron chi connectivity index (χ0n) is 11.0. The molecule has 1 heterocycles. The summed E-state index contributed by atoms with van der Waals surface area (Å²) in [6.45, 7) is 1.33. The number of carbonyl (C=O) groups is 1. The van der Waals surface area contributed by atoms with Gasteiger partial charge in [0.25, 0.3) is 10.0 Å². The van der Waals surface area contributed by atoms with Crippen molar-refractivity contribution in [2.45, 2.75) is 18.4 Å². The highest BCUT2D eigenvalue weighted by atomic mass is 32.2. The molecule has 0 atom stereocenters. The van der Waals surface area contributed by atoms with Gasteiger partial charge in [-0.2, -0.15) is 0 Å². The van der Waals surface area contributed by atoms with Crippen molar-refractivity contribution in [2.75, 3.05) is 4.72 Å². The van der Waals surface area contributed by atoms with Crippen LogP contribution in [0.5, 0.6) is 0 Å². The Morgan fingerprint density at radius 3 is 2.71 bits per heavy atom. The molecule has 0 aliphatic rings. The number of carboxylic acid groups (broad SMARTS) is 1. The first-order chi connectivity index (χ1) is 9.85. The molecule has 0 aliphatic carbocycles. The molecular formula is C13H13NO5S2. The molecule has 0 bridgehead atoms. The van der Waals surface area contributed by atoms with E-state index in [1.165, 1.54) is 17.5 Å². The van der Waals surface area contributed by atoms with Crippen molar-refractivity contribution < 1.29 is 23.4 Å². The Balaban J connectivity index is 2.43. The minimum atomic E-state index is -4.00. The van der Waals surface area contributed by atoms with Crippen LogP contribution in [0.25, 0.3) is 0 Å². The second-order valence-corrected chi connectivity index (χ2v) is 6.85. The zero-order chi connectivity index (χ0) is 15.6. The number of sulfonamides is 1. The number of aliphatic hydroxyl groups excluding tert-OH is 1. The lowest BCUT2D eigenvalue weighted by molar-refractivity contribution is 0.0698. The predicted molar refractivity (Wildman–Crippen MR) is 79.2 cm³/mol. The Bertz CT molecular complexity index is 780. The number of aryl methyl sites for hydroxylation is 1. The maximum atomic E-state index is 12.4. The van der Waals surface area contributed by atoms with Crippen LogP contribution in [0.1, 0.15) is 20.8 Å². The Labute approximate surface area is 125 Å². The quantitative estimate of drug-likeness (QED) is 0.780. The molecule has 0 saturated carbocycles. The fourth-order valence-electron chi connectivity index (χ4n) is 1.85. The van der Waals surface area contributed by atoms with E-state index in [1.807, 2.05) is 0 Å². The Morgan fingerprint density at radius 2 is 2.10 bits per heavy atom. The van der Waals surface area contributed by atoms with Crippen LogP contribution in [0.4, 0.5) is 5.69 Å². The van der Waals surface area contributed by atoms with E-state index >= 15 is 0 Å². The highest BCUT2D eigenvalue weighted by molar-refractivity contribution is 7.93. The molecule has 1 aromatic carbocycles. The monoisotopic (exact) mass is 327 g/mol. The van der Waals surface area contributed by atoms with Crippen LogP contribution in [0.2, 0.25) is 0 Å². The van der Waals surface area contributed by atoms with E-state index in [4.69, 9.17) is 10.2 Å². The van der Waals surface area contributed by atoms with Crippen molar-refractivity contribution in [3.05, 3.63) is 45.6 Å². The van der Waals surface area contributed by atoms with Gasteiger partial charge in [0.2, 0.25) is 0 Å². The Morgan fingerprint density at radius 1 is 1.38 bits per heavy atom. The summed E-state index contributed by atoms with van der Waals surface area (Å²) in [7, 11) is -4.00. The van der Waals surface area contributed by atoms with E-state index in [2.05, 4.69) is 4.72 Å². The van der Waals surface area contributed by atoms with Gasteiger partial charge >= 0.3 is 5.97 Å². The van der Waals surface area contributed by atoms with E-state index in [-0.39, 0.29) is 22.1 Å². The number of thiophene rings is 1. The van der Waals surface area contributed by atoms with Crippen molar-refractivity contribution in [3.8, 4) is 0 Å². The molecule has 6 nitrogen and oxygen atoms in total. The van der Waals surface area contributed by atoms with E-state index in [9.17, 15) is 13.2 Å². The summed E-state index contributed by atoms with van der Waals surface area (Å²) in [5.41, 5.74) is 1.20.